The van der Waals surface area contributed by atoms with E-state index in [0.29, 0.717) is 5.56 Å². The molecule has 0 aliphatic heterocycles. The van der Waals surface area contributed by atoms with Crippen molar-refractivity contribution in [3.8, 4) is 0 Å². The third-order valence-electron chi connectivity index (χ3n) is 2.60. The standard InChI is InChI=1S/C14H12N4O3/c19-14(17-16-10-12-2-1-7-15-9-12)8-11-3-5-13(6-4-11)18(20)21/h1-7,9-10H,8H2,(H,17,19)/b16-10-. The van der Waals surface area contributed by atoms with Crippen molar-refractivity contribution in [1.29, 1.82) is 0 Å². The van der Waals surface area contributed by atoms with Crippen LogP contribution in [0, 0.1) is 10.1 Å². The lowest BCUT2D eigenvalue weighted by Gasteiger charge is -2.00. The third kappa shape index (κ3) is 4.50. The number of hydrazone groups is 1. The van der Waals surface area contributed by atoms with Crippen molar-refractivity contribution < 1.29 is 9.72 Å². The Morgan fingerprint density at radius 2 is 2.10 bits per heavy atom. The van der Waals surface area contributed by atoms with Gasteiger partial charge in [0.25, 0.3) is 5.69 Å². The number of hydrogen-bond donors (Lipinski definition) is 1. The Kier molecular flexibility index (Phi) is 4.70. The summed E-state index contributed by atoms with van der Waals surface area (Å²) in [5, 5.41) is 14.3. The summed E-state index contributed by atoms with van der Waals surface area (Å²) in [5.41, 5.74) is 3.83. The lowest BCUT2D eigenvalue weighted by Crippen LogP contribution is -2.19. The Morgan fingerprint density at radius 3 is 2.71 bits per heavy atom. The van der Waals surface area contributed by atoms with Crippen LogP contribution < -0.4 is 5.43 Å². The molecular formula is C14H12N4O3. The van der Waals surface area contributed by atoms with Crippen LogP contribution >= 0.6 is 0 Å². The van der Waals surface area contributed by atoms with E-state index in [2.05, 4.69) is 15.5 Å². The van der Waals surface area contributed by atoms with Crippen molar-refractivity contribution in [1.82, 2.24) is 10.4 Å². The van der Waals surface area contributed by atoms with Gasteiger partial charge in [-0.15, -0.1) is 0 Å². The topological polar surface area (TPSA) is 97.5 Å². The smallest absolute Gasteiger partial charge is 0.269 e. The van der Waals surface area contributed by atoms with Crippen LogP contribution in [0.1, 0.15) is 11.1 Å². The second-order valence-corrected chi connectivity index (χ2v) is 4.18. The number of nitrogens with zero attached hydrogens (tertiary/aromatic N) is 3. The molecule has 7 nitrogen and oxygen atoms in total. The number of pyridine rings is 1. The number of carbonyl (C=O) groups excluding carboxylic acids is 1. The zero-order valence-electron chi connectivity index (χ0n) is 11.0. The number of rotatable bonds is 5. The van der Waals surface area contributed by atoms with Crippen LogP contribution in [-0.4, -0.2) is 22.0 Å². The van der Waals surface area contributed by atoms with E-state index in [4.69, 9.17) is 0 Å². The van der Waals surface area contributed by atoms with Gasteiger partial charge in [-0.2, -0.15) is 5.10 Å². The highest BCUT2D eigenvalue weighted by Gasteiger charge is 2.06. The van der Waals surface area contributed by atoms with E-state index in [0.717, 1.165) is 5.56 Å². The molecule has 0 radical (unpaired) electrons. The predicted molar refractivity (Wildman–Crippen MR) is 76.8 cm³/mol. The Morgan fingerprint density at radius 1 is 1.33 bits per heavy atom. The molecule has 1 heterocycles. The highest BCUT2D eigenvalue weighted by Crippen LogP contribution is 2.12. The van der Waals surface area contributed by atoms with E-state index in [1.807, 2.05) is 0 Å². The molecule has 0 atom stereocenters. The quantitative estimate of drug-likeness (QED) is 0.513. The minimum Gasteiger partial charge on any atom is -0.273 e. The number of non-ortho nitro benzene ring substituents is 1. The van der Waals surface area contributed by atoms with Crippen LogP contribution in [0.25, 0.3) is 0 Å². The number of hydrogen-bond acceptors (Lipinski definition) is 5. The van der Waals surface area contributed by atoms with Crippen LogP contribution in [0.3, 0.4) is 0 Å². The summed E-state index contributed by atoms with van der Waals surface area (Å²) in [5.74, 6) is -0.302. The van der Waals surface area contributed by atoms with Crippen molar-refractivity contribution in [2.45, 2.75) is 6.42 Å². The van der Waals surface area contributed by atoms with Gasteiger partial charge >= 0.3 is 0 Å². The second-order valence-electron chi connectivity index (χ2n) is 4.18. The number of benzene rings is 1. The zero-order chi connectivity index (χ0) is 15.1. The summed E-state index contributed by atoms with van der Waals surface area (Å²) in [6, 6.07) is 9.38. The van der Waals surface area contributed by atoms with Gasteiger partial charge in [-0.1, -0.05) is 18.2 Å². The molecule has 0 saturated carbocycles. The predicted octanol–water partition coefficient (Wildman–Crippen LogP) is 1.68. The summed E-state index contributed by atoms with van der Waals surface area (Å²) in [6.07, 6.45) is 4.85. The van der Waals surface area contributed by atoms with Gasteiger partial charge < -0.3 is 0 Å². The Bertz CT molecular complexity index is 654. The summed E-state index contributed by atoms with van der Waals surface area (Å²) >= 11 is 0. The second kappa shape index (κ2) is 6.90. The fourth-order valence-corrected chi connectivity index (χ4v) is 1.59. The lowest BCUT2D eigenvalue weighted by molar-refractivity contribution is -0.384. The largest absolute Gasteiger partial charge is 0.273 e. The average Bonchev–Trinajstić information content (AvgIpc) is 2.49. The first-order valence-corrected chi connectivity index (χ1v) is 6.10. The molecule has 2 rings (SSSR count). The minimum atomic E-state index is -0.484. The summed E-state index contributed by atoms with van der Waals surface area (Å²) < 4.78 is 0. The van der Waals surface area contributed by atoms with Crippen LogP contribution in [0.2, 0.25) is 0 Å². The van der Waals surface area contributed by atoms with Gasteiger partial charge in [0.2, 0.25) is 5.91 Å². The molecule has 1 amide bonds. The molecule has 1 N–H and O–H groups in total. The van der Waals surface area contributed by atoms with Crippen molar-refractivity contribution >= 4 is 17.8 Å². The van der Waals surface area contributed by atoms with E-state index < -0.39 is 4.92 Å². The Hall–Kier alpha value is -3.09. The monoisotopic (exact) mass is 284 g/mol. The molecule has 0 saturated heterocycles. The molecule has 0 unspecified atom stereocenters. The fraction of sp³-hybridized carbons (Fsp3) is 0.0714. The van der Waals surface area contributed by atoms with E-state index >= 15 is 0 Å². The number of carbonyl (C=O) groups is 1. The zero-order valence-corrected chi connectivity index (χ0v) is 11.0. The maximum atomic E-state index is 11.6. The molecule has 0 aliphatic rings. The molecule has 7 heteroatoms. The number of nitro groups is 1. The Balaban J connectivity index is 1.87. The van der Waals surface area contributed by atoms with Crippen molar-refractivity contribution in [2.75, 3.05) is 0 Å². The fourth-order valence-electron chi connectivity index (χ4n) is 1.59. The molecule has 0 fully saturated rings. The molecular weight excluding hydrogens is 272 g/mol. The summed E-state index contributed by atoms with van der Waals surface area (Å²) in [7, 11) is 0. The maximum absolute atomic E-state index is 11.6. The van der Waals surface area contributed by atoms with Crippen LogP contribution in [-0.2, 0) is 11.2 Å². The van der Waals surface area contributed by atoms with Gasteiger partial charge in [-0.25, -0.2) is 5.43 Å². The van der Waals surface area contributed by atoms with Gasteiger partial charge in [0, 0.05) is 30.1 Å². The maximum Gasteiger partial charge on any atom is 0.269 e. The molecule has 0 aliphatic carbocycles. The van der Waals surface area contributed by atoms with E-state index in [1.54, 1.807) is 36.7 Å². The van der Waals surface area contributed by atoms with Gasteiger partial charge in [0.05, 0.1) is 17.6 Å². The van der Waals surface area contributed by atoms with Crippen molar-refractivity contribution in [3.05, 3.63) is 70.0 Å². The molecule has 21 heavy (non-hydrogen) atoms. The van der Waals surface area contributed by atoms with Gasteiger partial charge in [0.1, 0.15) is 0 Å². The van der Waals surface area contributed by atoms with E-state index in [-0.39, 0.29) is 18.0 Å². The molecule has 1 aromatic carbocycles. The molecule has 1 aromatic heterocycles. The molecule has 0 bridgehead atoms. The SMILES string of the molecule is O=C(Cc1ccc([N+](=O)[O-])cc1)N/N=C\c1cccnc1. The third-order valence-corrected chi connectivity index (χ3v) is 2.60. The molecule has 0 spiro atoms. The first-order valence-electron chi connectivity index (χ1n) is 6.10. The normalized spacial score (nSPS) is 10.5. The lowest BCUT2D eigenvalue weighted by atomic mass is 10.1. The van der Waals surface area contributed by atoms with Gasteiger partial charge in [-0.3, -0.25) is 19.9 Å². The number of nitrogens with one attached hydrogen (secondary N) is 1. The first-order chi connectivity index (χ1) is 10.1. The van der Waals surface area contributed by atoms with Gasteiger partial charge in [0.15, 0.2) is 0 Å². The van der Waals surface area contributed by atoms with E-state index in [1.165, 1.54) is 18.3 Å². The minimum absolute atomic E-state index is 0.00578. The van der Waals surface area contributed by atoms with Crippen molar-refractivity contribution in [3.63, 3.8) is 0 Å². The summed E-state index contributed by atoms with van der Waals surface area (Å²) in [4.78, 5) is 25.6. The van der Waals surface area contributed by atoms with Crippen LogP contribution in [0.5, 0.6) is 0 Å². The van der Waals surface area contributed by atoms with Crippen LogP contribution in [0.15, 0.2) is 53.9 Å². The highest BCUT2D eigenvalue weighted by atomic mass is 16.6. The summed E-state index contributed by atoms with van der Waals surface area (Å²) in [6.45, 7) is 0. The van der Waals surface area contributed by atoms with Gasteiger partial charge in [-0.05, 0) is 11.6 Å². The Labute approximate surface area is 120 Å². The number of nitro benzene ring substituents is 1. The van der Waals surface area contributed by atoms with E-state index in [9.17, 15) is 14.9 Å². The van der Waals surface area contributed by atoms with Crippen LogP contribution in [0.4, 0.5) is 5.69 Å². The first kappa shape index (κ1) is 14.3. The average molecular weight is 284 g/mol. The number of aromatic nitrogens is 1. The molecule has 106 valence electrons. The van der Waals surface area contributed by atoms with Crippen molar-refractivity contribution in [2.24, 2.45) is 5.10 Å². The molecule has 2 aromatic rings. The highest BCUT2D eigenvalue weighted by molar-refractivity contribution is 5.82. The number of amides is 1.